The molecule has 1 amide bonds. The molecule has 0 spiro atoms. The number of hydrogen-bond acceptors (Lipinski definition) is 4. The molecule has 23 heavy (non-hydrogen) atoms. The smallest absolute Gasteiger partial charge is 0.295 e. The molecule has 0 aliphatic heterocycles. The molecule has 5 nitrogen and oxygen atoms in total. The van der Waals surface area contributed by atoms with Gasteiger partial charge in [-0.3, -0.25) is 4.79 Å². The normalized spacial score (nSPS) is 9.65. The second-order valence-corrected chi connectivity index (χ2v) is 5.22. The lowest BCUT2D eigenvalue weighted by molar-refractivity contribution is -0.115. The number of unbranched alkanes of at least 4 members (excludes halogenated alkanes) is 2. The molecule has 0 heterocycles. The Kier molecular flexibility index (Phi) is 15.0. The Morgan fingerprint density at radius 2 is 1.26 bits per heavy atom. The van der Waals surface area contributed by atoms with Gasteiger partial charge in [0.25, 0.3) is 5.91 Å². The van der Waals surface area contributed by atoms with Crippen molar-refractivity contribution in [2.75, 3.05) is 39.3 Å². The van der Waals surface area contributed by atoms with Crippen molar-refractivity contribution in [3.05, 3.63) is 12.3 Å². The second kappa shape index (κ2) is 16.4. The van der Waals surface area contributed by atoms with Crippen LogP contribution in [-0.4, -0.2) is 45.2 Å². The Labute approximate surface area is 141 Å². The van der Waals surface area contributed by atoms with Crippen LogP contribution < -0.4 is 21.3 Å². The average Bonchev–Trinajstić information content (AvgIpc) is 2.57. The fourth-order valence-electron chi connectivity index (χ4n) is 1.90. The molecule has 0 aromatic heterocycles. The second-order valence-electron chi connectivity index (χ2n) is 5.22. The third kappa shape index (κ3) is 16.2. The van der Waals surface area contributed by atoms with E-state index in [9.17, 15) is 4.79 Å². The van der Waals surface area contributed by atoms with E-state index in [-0.39, 0.29) is 5.91 Å². The summed E-state index contributed by atoms with van der Waals surface area (Å²) >= 11 is 0. The van der Waals surface area contributed by atoms with Crippen molar-refractivity contribution < 1.29 is 4.79 Å². The largest absolute Gasteiger partial charge is 0.379 e. The molecule has 128 valence electrons. The first-order valence-corrected chi connectivity index (χ1v) is 8.26. The van der Waals surface area contributed by atoms with Gasteiger partial charge in [0.05, 0.1) is 5.70 Å². The number of nitrogens with one attached hydrogen (secondary N) is 4. The van der Waals surface area contributed by atoms with Gasteiger partial charge in [0.15, 0.2) is 0 Å². The van der Waals surface area contributed by atoms with Crippen molar-refractivity contribution in [2.45, 2.75) is 32.1 Å². The summed E-state index contributed by atoms with van der Waals surface area (Å²) in [6, 6.07) is 0. The Hall–Kier alpha value is -1.95. The highest BCUT2D eigenvalue weighted by Crippen LogP contribution is 1.92. The first-order chi connectivity index (χ1) is 11.2. The summed E-state index contributed by atoms with van der Waals surface area (Å²) in [7, 11) is 0. The predicted molar refractivity (Wildman–Crippen MR) is 96.6 cm³/mol. The van der Waals surface area contributed by atoms with E-state index in [2.05, 4.69) is 33.8 Å². The van der Waals surface area contributed by atoms with E-state index in [0.29, 0.717) is 12.2 Å². The lowest BCUT2D eigenvalue weighted by Gasteiger charge is -2.07. The summed E-state index contributed by atoms with van der Waals surface area (Å²) in [5.74, 6) is 4.15. The molecule has 4 N–H and O–H groups in total. The minimum Gasteiger partial charge on any atom is -0.379 e. The highest BCUT2D eigenvalue weighted by molar-refractivity contribution is 5.92. The molecule has 0 bridgehead atoms. The van der Waals surface area contributed by atoms with Crippen molar-refractivity contribution in [1.29, 1.82) is 0 Å². The molecule has 0 saturated heterocycles. The summed E-state index contributed by atoms with van der Waals surface area (Å²) in [5.41, 5.74) is 0.649. The molecule has 0 saturated carbocycles. The molecule has 0 radical (unpaired) electrons. The first-order valence-electron chi connectivity index (χ1n) is 8.26. The van der Waals surface area contributed by atoms with Crippen molar-refractivity contribution in [3.8, 4) is 24.7 Å². The molecule has 0 aliphatic rings. The number of carbonyl (C=O) groups is 1. The molecule has 0 aliphatic carbocycles. The van der Waals surface area contributed by atoms with E-state index in [0.717, 1.165) is 45.6 Å². The van der Waals surface area contributed by atoms with E-state index in [1.165, 1.54) is 19.3 Å². The van der Waals surface area contributed by atoms with Gasteiger partial charge in [-0.15, -0.1) is 12.8 Å². The summed E-state index contributed by atoms with van der Waals surface area (Å²) in [4.78, 5) is 10.8. The molecular weight excluding hydrogens is 288 g/mol. The fraction of sp³-hybridized carbons (Fsp3) is 0.611. The maximum Gasteiger partial charge on any atom is 0.295 e. The first kappa shape index (κ1) is 21.0. The average molecular weight is 318 g/mol. The van der Waals surface area contributed by atoms with Crippen LogP contribution in [0.2, 0.25) is 0 Å². The summed E-state index contributed by atoms with van der Waals surface area (Å²) < 4.78 is 0. The van der Waals surface area contributed by atoms with Crippen LogP contribution in [0, 0.1) is 24.7 Å². The van der Waals surface area contributed by atoms with Crippen LogP contribution in [0.3, 0.4) is 0 Å². The summed E-state index contributed by atoms with van der Waals surface area (Å²) in [6.45, 7) is 9.13. The standard InChI is InChI=1S/C18H30N4O/c1-4-17(3)21-15-9-13-19-11-7-6-8-12-20-14-10-16-22-18(23)5-2/h1-2,19-21H,3,6-16H2,(H,22,23). The van der Waals surface area contributed by atoms with Gasteiger partial charge >= 0.3 is 0 Å². The van der Waals surface area contributed by atoms with Crippen LogP contribution in [0.4, 0.5) is 0 Å². The van der Waals surface area contributed by atoms with Crippen molar-refractivity contribution in [3.63, 3.8) is 0 Å². The van der Waals surface area contributed by atoms with Crippen LogP contribution in [0.5, 0.6) is 0 Å². The van der Waals surface area contributed by atoms with E-state index in [1.54, 1.807) is 0 Å². The summed E-state index contributed by atoms with van der Waals surface area (Å²) in [6.07, 6.45) is 15.6. The third-order valence-corrected chi connectivity index (χ3v) is 3.20. The van der Waals surface area contributed by atoms with Gasteiger partial charge < -0.3 is 21.3 Å². The summed E-state index contributed by atoms with van der Waals surface area (Å²) in [5, 5.41) is 12.5. The molecule has 0 atom stereocenters. The molecule has 0 unspecified atom stereocenters. The van der Waals surface area contributed by atoms with Crippen LogP contribution in [0.1, 0.15) is 32.1 Å². The fourth-order valence-corrected chi connectivity index (χ4v) is 1.90. The van der Waals surface area contributed by atoms with E-state index in [4.69, 9.17) is 12.8 Å². The van der Waals surface area contributed by atoms with Gasteiger partial charge in [0.2, 0.25) is 0 Å². The Morgan fingerprint density at radius 3 is 1.78 bits per heavy atom. The van der Waals surface area contributed by atoms with Gasteiger partial charge in [-0.1, -0.05) is 18.9 Å². The van der Waals surface area contributed by atoms with Gasteiger partial charge in [0.1, 0.15) is 0 Å². The van der Waals surface area contributed by atoms with Gasteiger partial charge in [-0.25, -0.2) is 0 Å². The van der Waals surface area contributed by atoms with Gasteiger partial charge in [-0.2, -0.15) is 0 Å². The Bertz CT molecular complexity index is 368. The van der Waals surface area contributed by atoms with Gasteiger partial charge in [-0.05, 0) is 57.8 Å². The van der Waals surface area contributed by atoms with Crippen molar-refractivity contribution in [1.82, 2.24) is 21.3 Å². The van der Waals surface area contributed by atoms with Gasteiger partial charge in [0, 0.05) is 13.1 Å². The van der Waals surface area contributed by atoms with E-state index in [1.807, 2.05) is 5.92 Å². The van der Waals surface area contributed by atoms with Crippen LogP contribution in [0.15, 0.2) is 12.3 Å². The highest BCUT2D eigenvalue weighted by atomic mass is 16.1. The van der Waals surface area contributed by atoms with Crippen LogP contribution in [-0.2, 0) is 4.79 Å². The van der Waals surface area contributed by atoms with Crippen LogP contribution in [0.25, 0.3) is 0 Å². The lowest BCUT2D eigenvalue weighted by Crippen LogP contribution is -2.26. The topological polar surface area (TPSA) is 65.2 Å². The number of terminal acetylenes is 2. The molecular formula is C18H30N4O. The minimum absolute atomic E-state index is 0.339. The number of carbonyl (C=O) groups excluding carboxylic acids is 1. The number of allylic oxidation sites excluding steroid dienone is 1. The molecule has 0 fully saturated rings. The Morgan fingerprint density at radius 1 is 0.739 bits per heavy atom. The van der Waals surface area contributed by atoms with Crippen LogP contribution >= 0.6 is 0 Å². The van der Waals surface area contributed by atoms with E-state index < -0.39 is 0 Å². The minimum atomic E-state index is -0.339. The zero-order valence-electron chi connectivity index (χ0n) is 14.0. The zero-order chi connectivity index (χ0) is 17.2. The predicted octanol–water partition coefficient (Wildman–Crippen LogP) is 0.602. The SMILES string of the molecule is C#CC(=C)NCCCNCCCCCNCCCNC(=O)C#C. The number of hydrogen-bond donors (Lipinski definition) is 4. The lowest BCUT2D eigenvalue weighted by atomic mass is 10.2. The monoisotopic (exact) mass is 318 g/mol. The van der Waals surface area contributed by atoms with E-state index >= 15 is 0 Å². The highest BCUT2D eigenvalue weighted by Gasteiger charge is 1.94. The molecule has 0 aromatic carbocycles. The molecule has 5 heteroatoms. The number of amides is 1. The van der Waals surface area contributed by atoms with Crippen molar-refractivity contribution >= 4 is 5.91 Å². The maximum absolute atomic E-state index is 10.8. The molecule has 0 rings (SSSR count). The maximum atomic E-state index is 10.8. The number of rotatable bonds is 15. The zero-order valence-corrected chi connectivity index (χ0v) is 14.0. The third-order valence-electron chi connectivity index (χ3n) is 3.20. The van der Waals surface area contributed by atoms with Crippen molar-refractivity contribution in [2.24, 2.45) is 0 Å². The quantitative estimate of drug-likeness (QED) is 0.264. The molecule has 0 aromatic rings. The Balaban J connectivity index is 3.08.